The van der Waals surface area contributed by atoms with Crippen LogP contribution in [0.2, 0.25) is 0 Å². The fraction of sp³-hybridized carbons (Fsp3) is 0.786. The van der Waals surface area contributed by atoms with Crippen LogP contribution in [0.1, 0.15) is 42.4 Å². The molecule has 3 heterocycles. The van der Waals surface area contributed by atoms with E-state index >= 15 is 0 Å². The van der Waals surface area contributed by atoms with Gasteiger partial charge in [0.15, 0.2) is 5.69 Å². The van der Waals surface area contributed by atoms with Crippen LogP contribution in [0, 0.1) is 6.92 Å². The number of aromatic nitrogens is 3. The highest BCUT2D eigenvalue weighted by molar-refractivity contribution is 5.93. The van der Waals surface area contributed by atoms with Crippen molar-refractivity contribution in [2.45, 2.75) is 50.4 Å². The first kappa shape index (κ1) is 15.4. The summed E-state index contributed by atoms with van der Waals surface area (Å²) in [7, 11) is 0. The number of hydrogen-bond donors (Lipinski definition) is 3. The number of aryl methyl sites for hydroxylation is 1. The molecule has 1 aromatic rings. The molecule has 0 saturated carbocycles. The average molecular weight is 310 g/mol. The van der Waals surface area contributed by atoms with Crippen LogP contribution in [-0.2, 0) is 4.74 Å². The first-order chi connectivity index (χ1) is 10.4. The van der Waals surface area contributed by atoms with E-state index in [1.54, 1.807) is 18.7 Å². The molecule has 8 nitrogen and oxygen atoms in total. The number of ether oxygens (including phenoxy) is 1. The molecule has 0 unspecified atom stereocenters. The van der Waals surface area contributed by atoms with Gasteiger partial charge in [0.2, 0.25) is 0 Å². The van der Waals surface area contributed by atoms with Crippen molar-refractivity contribution in [3.63, 3.8) is 0 Å². The Morgan fingerprint density at radius 3 is 2.64 bits per heavy atom. The maximum absolute atomic E-state index is 12.4. The number of carbonyl (C=O) groups excluding carboxylic acids is 1. The summed E-state index contributed by atoms with van der Waals surface area (Å²) >= 11 is 0. The summed E-state index contributed by atoms with van der Waals surface area (Å²) in [6.45, 7) is 4.70. The summed E-state index contributed by atoms with van der Waals surface area (Å²) < 4.78 is 5.81. The van der Waals surface area contributed by atoms with Gasteiger partial charge in [-0.25, -0.2) is 0 Å². The van der Waals surface area contributed by atoms with Gasteiger partial charge in [-0.1, -0.05) is 0 Å². The van der Waals surface area contributed by atoms with Crippen molar-refractivity contribution in [3.05, 3.63) is 11.4 Å². The largest absolute Gasteiger partial charge is 0.387 e. The fourth-order valence-corrected chi connectivity index (χ4v) is 3.39. The number of piperidine rings is 1. The fourth-order valence-electron chi connectivity index (χ4n) is 3.39. The molecule has 0 bridgehead atoms. The van der Waals surface area contributed by atoms with E-state index in [-0.39, 0.29) is 5.91 Å². The molecular formula is C14H22N4O4. The van der Waals surface area contributed by atoms with Crippen LogP contribution < -0.4 is 0 Å². The van der Waals surface area contributed by atoms with Gasteiger partial charge in [0.25, 0.3) is 5.91 Å². The monoisotopic (exact) mass is 310 g/mol. The zero-order valence-electron chi connectivity index (χ0n) is 12.9. The average Bonchev–Trinajstić information content (AvgIpc) is 2.91. The lowest BCUT2D eigenvalue weighted by molar-refractivity contribution is -0.244. The van der Waals surface area contributed by atoms with Crippen LogP contribution in [0.4, 0.5) is 0 Å². The summed E-state index contributed by atoms with van der Waals surface area (Å²) in [6.07, 6.45) is 0.455. The number of hydrogen-bond acceptors (Lipinski definition) is 6. The minimum absolute atomic E-state index is 0.168. The molecule has 1 spiro atoms. The standard InChI is InChI=1S/C14H22N4O4/c1-9-10(16-17-15-9)11(19)18-6-3-14(4-7-18)12(20)13(2,21)5-8-22-14/h12,20-21H,3-8H2,1-2H3,(H,15,16,17)/t12-,13+/m0/s1. The summed E-state index contributed by atoms with van der Waals surface area (Å²) in [6, 6.07) is 0. The first-order valence-corrected chi connectivity index (χ1v) is 7.57. The number of rotatable bonds is 1. The van der Waals surface area contributed by atoms with Gasteiger partial charge in [0.05, 0.1) is 17.9 Å². The van der Waals surface area contributed by atoms with E-state index in [4.69, 9.17) is 4.74 Å². The Hall–Kier alpha value is -1.51. The van der Waals surface area contributed by atoms with Gasteiger partial charge in [-0.2, -0.15) is 15.4 Å². The molecule has 122 valence electrons. The number of amides is 1. The normalized spacial score (nSPS) is 31.5. The third-order valence-corrected chi connectivity index (χ3v) is 4.91. The Labute approximate surface area is 128 Å². The number of carbonyl (C=O) groups is 1. The zero-order valence-corrected chi connectivity index (χ0v) is 12.9. The van der Waals surface area contributed by atoms with E-state index in [1.807, 2.05) is 0 Å². The molecule has 0 aromatic carbocycles. The molecular weight excluding hydrogens is 288 g/mol. The zero-order chi connectivity index (χ0) is 16.0. The Balaban J connectivity index is 1.70. The smallest absolute Gasteiger partial charge is 0.276 e. The van der Waals surface area contributed by atoms with Gasteiger partial charge in [-0.15, -0.1) is 0 Å². The van der Waals surface area contributed by atoms with Crippen LogP contribution in [0.3, 0.4) is 0 Å². The summed E-state index contributed by atoms with van der Waals surface area (Å²) in [4.78, 5) is 14.1. The van der Waals surface area contributed by atoms with Gasteiger partial charge in [0.1, 0.15) is 11.7 Å². The van der Waals surface area contributed by atoms with Crippen molar-refractivity contribution in [1.29, 1.82) is 0 Å². The second-order valence-corrected chi connectivity index (χ2v) is 6.47. The molecule has 0 aliphatic carbocycles. The molecule has 0 radical (unpaired) electrons. The van der Waals surface area contributed by atoms with Gasteiger partial charge >= 0.3 is 0 Å². The summed E-state index contributed by atoms with van der Waals surface area (Å²) in [5, 5.41) is 30.9. The van der Waals surface area contributed by atoms with Crippen molar-refractivity contribution < 1.29 is 19.7 Å². The van der Waals surface area contributed by atoms with E-state index in [9.17, 15) is 15.0 Å². The van der Waals surface area contributed by atoms with Crippen molar-refractivity contribution >= 4 is 5.91 Å². The number of nitrogens with zero attached hydrogens (tertiary/aromatic N) is 3. The molecule has 3 N–H and O–H groups in total. The van der Waals surface area contributed by atoms with Crippen LogP contribution >= 0.6 is 0 Å². The maximum Gasteiger partial charge on any atom is 0.276 e. The lowest BCUT2D eigenvalue weighted by Crippen LogP contribution is -2.64. The molecule has 2 aliphatic rings. The SMILES string of the molecule is Cc1n[nH]nc1C(=O)N1CCC2(CC1)OCC[C@@](C)(O)[C@@H]2O. The number of aliphatic hydroxyl groups excluding tert-OH is 1. The van der Waals surface area contributed by atoms with Gasteiger partial charge < -0.3 is 19.8 Å². The number of likely N-dealkylation sites (tertiary alicyclic amines) is 1. The van der Waals surface area contributed by atoms with Gasteiger partial charge in [-0.05, 0) is 26.7 Å². The Kier molecular flexibility index (Phi) is 3.70. The number of H-pyrrole nitrogens is 1. The third kappa shape index (κ3) is 2.41. The number of aliphatic hydroxyl groups is 2. The van der Waals surface area contributed by atoms with Gasteiger partial charge in [0, 0.05) is 19.5 Å². The molecule has 22 heavy (non-hydrogen) atoms. The Morgan fingerprint density at radius 1 is 1.36 bits per heavy atom. The number of aromatic amines is 1. The Morgan fingerprint density at radius 2 is 2.05 bits per heavy atom. The lowest BCUT2D eigenvalue weighted by Gasteiger charge is -2.51. The summed E-state index contributed by atoms with van der Waals surface area (Å²) in [5.41, 5.74) is -1.01. The topological polar surface area (TPSA) is 112 Å². The predicted molar refractivity (Wildman–Crippen MR) is 76.2 cm³/mol. The maximum atomic E-state index is 12.4. The minimum Gasteiger partial charge on any atom is -0.387 e. The second-order valence-electron chi connectivity index (χ2n) is 6.47. The molecule has 8 heteroatoms. The Bertz CT molecular complexity index is 563. The van der Waals surface area contributed by atoms with E-state index in [1.165, 1.54) is 0 Å². The number of nitrogens with one attached hydrogen (secondary N) is 1. The van der Waals surface area contributed by atoms with E-state index in [0.29, 0.717) is 50.3 Å². The molecule has 2 fully saturated rings. The quantitative estimate of drug-likeness (QED) is 0.652. The van der Waals surface area contributed by atoms with E-state index in [0.717, 1.165) is 0 Å². The van der Waals surface area contributed by atoms with Crippen LogP contribution in [0.15, 0.2) is 0 Å². The summed E-state index contributed by atoms with van der Waals surface area (Å²) in [5.74, 6) is -0.168. The second kappa shape index (κ2) is 5.29. The van der Waals surface area contributed by atoms with E-state index in [2.05, 4.69) is 15.4 Å². The van der Waals surface area contributed by atoms with Crippen LogP contribution in [0.5, 0.6) is 0 Å². The first-order valence-electron chi connectivity index (χ1n) is 7.57. The van der Waals surface area contributed by atoms with Crippen LogP contribution in [0.25, 0.3) is 0 Å². The van der Waals surface area contributed by atoms with Crippen molar-refractivity contribution in [3.8, 4) is 0 Å². The predicted octanol–water partition coefficient (Wildman–Crippen LogP) is -0.380. The van der Waals surface area contributed by atoms with Crippen molar-refractivity contribution in [1.82, 2.24) is 20.3 Å². The van der Waals surface area contributed by atoms with E-state index < -0.39 is 17.3 Å². The lowest BCUT2D eigenvalue weighted by atomic mass is 9.75. The minimum atomic E-state index is -1.15. The highest BCUT2D eigenvalue weighted by atomic mass is 16.5. The molecule has 3 rings (SSSR count). The van der Waals surface area contributed by atoms with Gasteiger partial charge in [-0.3, -0.25) is 4.79 Å². The van der Waals surface area contributed by atoms with Crippen molar-refractivity contribution in [2.24, 2.45) is 0 Å². The highest BCUT2D eigenvalue weighted by Crippen LogP contribution is 2.39. The molecule has 1 aromatic heterocycles. The highest BCUT2D eigenvalue weighted by Gasteiger charge is 2.53. The molecule has 2 aliphatic heterocycles. The molecule has 1 amide bonds. The van der Waals surface area contributed by atoms with Crippen molar-refractivity contribution in [2.75, 3.05) is 19.7 Å². The third-order valence-electron chi connectivity index (χ3n) is 4.91. The van der Waals surface area contributed by atoms with Crippen LogP contribution in [-0.4, -0.2) is 73.4 Å². The molecule has 2 atom stereocenters. The molecule has 2 saturated heterocycles.